The molecule has 0 aliphatic rings. The maximum absolute atomic E-state index is 12.2. The second-order valence-corrected chi connectivity index (χ2v) is 8.76. The first-order valence-corrected chi connectivity index (χ1v) is 11.7. The van der Waals surface area contributed by atoms with Crippen LogP contribution in [-0.2, 0) is 14.3 Å². The normalized spacial score (nSPS) is 10.4. The van der Waals surface area contributed by atoms with Crippen molar-refractivity contribution in [1.82, 2.24) is 0 Å². The lowest BCUT2D eigenvalue weighted by molar-refractivity contribution is -0.142. The van der Waals surface area contributed by atoms with Gasteiger partial charge < -0.3 is 14.8 Å². The predicted molar refractivity (Wildman–Crippen MR) is 134 cm³/mol. The summed E-state index contributed by atoms with van der Waals surface area (Å²) in [6.45, 7) is 3.67. The Labute approximate surface area is 207 Å². The Morgan fingerprint density at radius 1 is 0.853 bits per heavy atom. The van der Waals surface area contributed by atoms with Crippen molar-refractivity contribution in [1.29, 1.82) is 0 Å². The van der Waals surface area contributed by atoms with Crippen LogP contribution >= 0.6 is 15.9 Å². The Hall–Kier alpha value is -3.45. The van der Waals surface area contributed by atoms with E-state index in [-0.39, 0.29) is 31.1 Å². The number of benzene rings is 3. The van der Waals surface area contributed by atoms with E-state index in [1.165, 1.54) is 0 Å². The molecule has 0 saturated carbocycles. The molecule has 7 heteroatoms. The van der Waals surface area contributed by atoms with E-state index in [2.05, 4.69) is 21.2 Å². The highest BCUT2D eigenvalue weighted by Gasteiger charge is 2.11. The van der Waals surface area contributed by atoms with Crippen LogP contribution in [0.3, 0.4) is 0 Å². The molecule has 0 atom stereocenters. The van der Waals surface area contributed by atoms with E-state index < -0.39 is 5.97 Å². The highest BCUT2D eigenvalue weighted by atomic mass is 79.9. The highest BCUT2D eigenvalue weighted by Crippen LogP contribution is 2.29. The summed E-state index contributed by atoms with van der Waals surface area (Å²) >= 11 is 3.30. The van der Waals surface area contributed by atoms with E-state index >= 15 is 0 Å². The molecule has 0 heterocycles. The lowest BCUT2D eigenvalue weighted by Gasteiger charge is -2.12. The van der Waals surface area contributed by atoms with E-state index in [1.54, 1.807) is 48.5 Å². The average molecular weight is 524 g/mol. The zero-order valence-corrected chi connectivity index (χ0v) is 20.7. The van der Waals surface area contributed by atoms with Crippen LogP contribution in [0.25, 0.3) is 0 Å². The van der Waals surface area contributed by atoms with Gasteiger partial charge in [-0.1, -0.05) is 46.3 Å². The Bertz CT molecular complexity index is 1140. The molecule has 0 bridgehead atoms. The van der Waals surface area contributed by atoms with Gasteiger partial charge in [-0.3, -0.25) is 14.4 Å². The fourth-order valence-corrected chi connectivity index (χ4v) is 3.50. The zero-order chi connectivity index (χ0) is 24.5. The molecule has 3 aromatic carbocycles. The minimum absolute atomic E-state index is 0.0591. The predicted octanol–water partition coefficient (Wildman–Crippen LogP) is 6.39. The molecule has 3 rings (SSSR count). The van der Waals surface area contributed by atoms with E-state index in [4.69, 9.17) is 9.47 Å². The fourth-order valence-electron chi connectivity index (χ4n) is 3.24. The zero-order valence-electron chi connectivity index (χ0n) is 19.1. The quantitative estimate of drug-likeness (QED) is 0.246. The van der Waals surface area contributed by atoms with Crippen molar-refractivity contribution < 1.29 is 23.9 Å². The molecule has 34 heavy (non-hydrogen) atoms. The van der Waals surface area contributed by atoms with Crippen molar-refractivity contribution in [2.45, 2.75) is 33.1 Å². The molecule has 0 spiro atoms. The molecular weight excluding hydrogens is 498 g/mol. The molecule has 0 unspecified atom stereocenters. The molecule has 1 amide bonds. The number of carbonyl (C=O) groups is 3. The maximum atomic E-state index is 12.2. The SMILES string of the molecule is Cc1cccc(C)c1Oc1ccc(NC(=O)CCCC(=O)OCC(=O)c2ccc(Br)cc2)cc1. The molecule has 3 aromatic rings. The van der Waals surface area contributed by atoms with Crippen LogP contribution in [0.5, 0.6) is 11.5 Å². The summed E-state index contributed by atoms with van der Waals surface area (Å²) in [6, 6.07) is 19.9. The number of ketones is 1. The van der Waals surface area contributed by atoms with E-state index in [0.717, 1.165) is 21.3 Å². The summed E-state index contributed by atoms with van der Waals surface area (Å²) in [5, 5.41) is 2.80. The molecule has 0 aliphatic carbocycles. The number of Topliss-reactive ketones (excluding diaryl/α,β-unsaturated/α-hetero) is 1. The van der Waals surface area contributed by atoms with Crippen LogP contribution in [0.2, 0.25) is 0 Å². The number of amides is 1. The number of carbonyl (C=O) groups excluding carboxylic acids is 3. The second-order valence-electron chi connectivity index (χ2n) is 7.84. The topological polar surface area (TPSA) is 81.7 Å². The van der Waals surface area contributed by atoms with Gasteiger partial charge in [0.15, 0.2) is 12.4 Å². The van der Waals surface area contributed by atoms with Crippen molar-refractivity contribution in [3.63, 3.8) is 0 Å². The van der Waals surface area contributed by atoms with Crippen molar-refractivity contribution in [2.75, 3.05) is 11.9 Å². The minimum atomic E-state index is -0.508. The van der Waals surface area contributed by atoms with Crippen LogP contribution in [0.1, 0.15) is 40.7 Å². The molecule has 176 valence electrons. The van der Waals surface area contributed by atoms with Gasteiger partial charge in [0, 0.05) is 28.6 Å². The van der Waals surface area contributed by atoms with Crippen LogP contribution in [0.15, 0.2) is 71.2 Å². The Morgan fingerprint density at radius 3 is 2.15 bits per heavy atom. The largest absolute Gasteiger partial charge is 0.457 e. The maximum Gasteiger partial charge on any atom is 0.306 e. The third kappa shape index (κ3) is 7.56. The van der Waals surface area contributed by atoms with Crippen LogP contribution in [0, 0.1) is 13.8 Å². The van der Waals surface area contributed by atoms with Crippen molar-refractivity contribution in [3.05, 3.63) is 87.9 Å². The standard InChI is InChI=1S/C27H26BrNO5/c1-18-5-3-6-19(2)27(18)34-23-15-13-22(14-16-23)29-25(31)7-4-8-26(32)33-17-24(30)20-9-11-21(28)12-10-20/h3,5-6,9-16H,4,7-8,17H2,1-2H3,(H,29,31). The lowest BCUT2D eigenvalue weighted by Crippen LogP contribution is -2.15. The summed E-state index contributed by atoms with van der Waals surface area (Å²) in [4.78, 5) is 36.1. The number of halogens is 1. The van der Waals surface area contributed by atoms with Crippen molar-refractivity contribution in [3.8, 4) is 11.5 Å². The first-order valence-electron chi connectivity index (χ1n) is 10.9. The monoisotopic (exact) mass is 523 g/mol. The molecule has 6 nitrogen and oxygen atoms in total. The Kier molecular flexibility index (Phi) is 8.99. The molecule has 0 saturated heterocycles. The first kappa shape index (κ1) is 25.2. The summed E-state index contributed by atoms with van der Waals surface area (Å²) in [7, 11) is 0. The van der Waals surface area contributed by atoms with Crippen LogP contribution < -0.4 is 10.1 Å². The summed E-state index contributed by atoms with van der Waals surface area (Å²) < 4.78 is 11.9. The van der Waals surface area contributed by atoms with E-state index in [9.17, 15) is 14.4 Å². The van der Waals surface area contributed by atoms with Crippen molar-refractivity contribution >= 4 is 39.3 Å². The number of hydrogen-bond acceptors (Lipinski definition) is 5. The molecule has 1 N–H and O–H groups in total. The van der Waals surface area contributed by atoms with Gasteiger partial charge >= 0.3 is 5.97 Å². The number of rotatable bonds is 10. The van der Waals surface area contributed by atoms with Crippen molar-refractivity contribution in [2.24, 2.45) is 0 Å². The molecule has 0 aromatic heterocycles. The Morgan fingerprint density at radius 2 is 1.50 bits per heavy atom. The van der Waals surface area contributed by atoms with Gasteiger partial charge in [0.2, 0.25) is 5.91 Å². The molecule has 0 fully saturated rings. The second kappa shape index (κ2) is 12.1. The highest BCUT2D eigenvalue weighted by molar-refractivity contribution is 9.10. The Balaban J connectivity index is 1.38. The first-order chi connectivity index (χ1) is 16.3. The van der Waals surface area contributed by atoms with E-state index in [1.807, 2.05) is 32.0 Å². The van der Waals surface area contributed by atoms with Crippen LogP contribution in [0.4, 0.5) is 5.69 Å². The number of para-hydroxylation sites is 1. The third-order valence-corrected chi connectivity index (χ3v) is 5.61. The number of ether oxygens (including phenoxy) is 2. The summed E-state index contributed by atoms with van der Waals surface area (Å²) in [6.07, 6.45) is 0.547. The number of aryl methyl sites for hydroxylation is 2. The van der Waals surface area contributed by atoms with Gasteiger partial charge in [0.25, 0.3) is 0 Å². The van der Waals surface area contributed by atoms with Crippen LogP contribution in [-0.4, -0.2) is 24.3 Å². The van der Waals surface area contributed by atoms with E-state index in [0.29, 0.717) is 23.4 Å². The number of nitrogens with one attached hydrogen (secondary N) is 1. The number of esters is 1. The van der Waals surface area contributed by atoms with Gasteiger partial charge in [-0.2, -0.15) is 0 Å². The van der Waals surface area contributed by atoms with Gasteiger partial charge in [-0.15, -0.1) is 0 Å². The van der Waals surface area contributed by atoms with Gasteiger partial charge in [-0.05, 0) is 67.8 Å². The third-order valence-electron chi connectivity index (χ3n) is 5.08. The van der Waals surface area contributed by atoms with Gasteiger partial charge in [0.1, 0.15) is 11.5 Å². The summed E-state index contributed by atoms with van der Waals surface area (Å²) in [5.74, 6) is 0.512. The molecular formula is C27H26BrNO5. The molecule has 0 radical (unpaired) electrons. The van der Waals surface area contributed by atoms with Gasteiger partial charge in [0.05, 0.1) is 0 Å². The molecule has 0 aliphatic heterocycles. The summed E-state index contributed by atoms with van der Waals surface area (Å²) in [5.41, 5.74) is 3.21. The number of hydrogen-bond donors (Lipinski definition) is 1. The fraction of sp³-hybridized carbons (Fsp3) is 0.222. The number of anilines is 1. The smallest absolute Gasteiger partial charge is 0.306 e. The average Bonchev–Trinajstić information content (AvgIpc) is 2.81. The lowest BCUT2D eigenvalue weighted by atomic mass is 10.1. The van der Waals surface area contributed by atoms with Gasteiger partial charge in [-0.25, -0.2) is 0 Å². The minimum Gasteiger partial charge on any atom is -0.457 e.